The lowest BCUT2D eigenvalue weighted by molar-refractivity contribution is 0.0593. The number of aromatic nitrogens is 1. The summed E-state index contributed by atoms with van der Waals surface area (Å²) in [6.45, 7) is 0.173. The average Bonchev–Trinajstić information content (AvgIpc) is 3.28. The Hall–Kier alpha value is -4.06. The number of methoxy groups -OCH3 is 1. The number of esters is 1. The summed E-state index contributed by atoms with van der Waals surface area (Å²) in [5.41, 5.74) is 3.69. The van der Waals surface area contributed by atoms with E-state index in [4.69, 9.17) is 14.2 Å². The van der Waals surface area contributed by atoms with E-state index in [1.807, 2.05) is 54.6 Å². The van der Waals surface area contributed by atoms with Crippen molar-refractivity contribution in [2.24, 2.45) is 0 Å². The van der Waals surface area contributed by atoms with E-state index in [2.05, 4.69) is 4.98 Å². The SMILES string of the molecule is COC(=O)c1[nH]c2cc(-c3ccccc3)ccc2c(=O)c1Cc1ccc2c(c1)OCO2. The summed E-state index contributed by atoms with van der Waals surface area (Å²) in [5, 5.41) is 0.517. The number of carbonyl (C=O) groups excluding carboxylic acids is 1. The number of nitrogens with one attached hydrogen (secondary N) is 1. The molecule has 0 aliphatic carbocycles. The highest BCUT2D eigenvalue weighted by molar-refractivity contribution is 5.94. The lowest BCUT2D eigenvalue weighted by atomic mass is 9.98. The minimum Gasteiger partial charge on any atom is -0.464 e. The van der Waals surface area contributed by atoms with Crippen LogP contribution in [-0.4, -0.2) is 24.9 Å². The van der Waals surface area contributed by atoms with Crippen molar-refractivity contribution >= 4 is 16.9 Å². The second-order valence-electron chi connectivity index (χ2n) is 7.29. The van der Waals surface area contributed by atoms with E-state index in [0.29, 0.717) is 28.0 Å². The van der Waals surface area contributed by atoms with Crippen LogP contribution >= 0.6 is 0 Å². The van der Waals surface area contributed by atoms with Gasteiger partial charge in [-0.2, -0.15) is 0 Å². The van der Waals surface area contributed by atoms with Gasteiger partial charge in [-0.05, 0) is 41.0 Å². The van der Waals surface area contributed by atoms with E-state index in [0.717, 1.165) is 16.7 Å². The molecule has 4 aromatic rings. The van der Waals surface area contributed by atoms with Crippen molar-refractivity contribution in [1.82, 2.24) is 4.98 Å². The van der Waals surface area contributed by atoms with Gasteiger partial charge in [0, 0.05) is 17.4 Å². The van der Waals surface area contributed by atoms with Gasteiger partial charge in [-0.25, -0.2) is 4.79 Å². The zero-order valence-electron chi connectivity index (χ0n) is 16.8. The predicted molar refractivity (Wildman–Crippen MR) is 117 cm³/mol. The first-order valence-corrected chi connectivity index (χ1v) is 9.85. The molecular weight excluding hydrogens is 394 g/mol. The molecule has 0 spiro atoms. The van der Waals surface area contributed by atoms with Gasteiger partial charge in [0.05, 0.1) is 12.6 Å². The van der Waals surface area contributed by atoms with Gasteiger partial charge in [0.2, 0.25) is 6.79 Å². The Labute approximate surface area is 178 Å². The molecule has 0 saturated carbocycles. The number of fused-ring (bicyclic) bond motifs is 2. The lowest BCUT2D eigenvalue weighted by Crippen LogP contribution is -2.19. The summed E-state index contributed by atoms with van der Waals surface area (Å²) < 4.78 is 15.7. The molecule has 1 aromatic heterocycles. The number of benzene rings is 3. The monoisotopic (exact) mass is 413 g/mol. The summed E-state index contributed by atoms with van der Waals surface area (Å²) in [7, 11) is 1.30. The Bertz CT molecular complexity index is 1360. The number of aromatic amines is 1. The first-order valence-electron chi connectivity index (χ1n) is 9.85. The van der Waals surface area contributed by atoms with Gasteiger partial charge < -0.3 is 19.2 Å². The normalized spacial score (nSPS) is 12.2. The molecule has 0 radical (unpaired) electrons. The maximum Gasteiger partial charge on any atom is 0.354 e. The van der Waals surface area contributed by atoms with Gasteiger partial charge in [-0.1, -0.05) is 42.5 Å². The molecule has 1 aliphatic heterocycles. The molecule has 0 atom stereocenters. The van der Waals surface area contributed by atoms with Crippen molar-refractivity contribution in [2.45, 2.75) is 6.42 Å². The number of pyridine rings is 1. The van der Waals surface area contributed by atoms with E-state index < -0.39 is 5.97 Å². The number of ether oxygens (including phenoxy) is 3. The molecule has 154 valence electrons. The van der Waals surface area contributed by atoms with Gasteiger partial charge in [-0.15, -0.1) is 0 Å². The third-order valence-electron chi connectivity index (χ3n) is 5.41. The van der Waals surface area contributed by atoms with Gasteiger partial charge in [0.25, 0.3) is 0 Å². The minimum absolute atomic E-state index is 0.155. The fraction of sp³-hybridized carbons (Fsp3) is 0.120. The summed E-state index contributed by atoms with van der Waals surface area (Å²) >= 11 is 0. The summed E-state index contributed by atoms with van der Waals surface area (Å²) in [6.07, 6.45) is 0.257. The Morgan fingerprint density at radius 2 is 1.77 bits per heavy atom. The molecule has 0 fully saturated rings. The molecule has 2 heterocycles. The van der Waals surface area contributed by atoms with Crippen molar-refractivity contribution in [3.8, 4) is 22.6 Å². The van der Waals surface area contributed by atoms with Crippen LogP contribution < -0.4 is 14.9 Å². The lowest BCUT2D eigenvalue weighted by Gasteiger charge is -2.12. The molecule has 0 amide bonds. The van der Waals surface area contributed by atoms with Gasteiger partial charge >= 0.3 is 5.97 Å². The van der Waals surface area contributed by atoms with Crippen molar-refractivity contribution in [3.63, 3.8) is 0 Å². The molecule has 5 rings (SSSR count). The molecule has 3 aromatic carbocycles. The number of rotatable bonds is 4. The molecule has 31 heavy (non-hydrogen) atoms. The number of hydrogen-bond acceptors (Lipinski definition) is 5. The van der Waals surface area contributed by atoms with E-state index >= 15 is 0 Å². The second-order valence-corrected chi connectivity index (χ2v) is 7.29. The van der Waals surface area contributed by atoms with Crippen LogP contribution in [0, 0.1) is 0 Å². The summed E-state index contributed by atoms with van der Waals surface area (Å²) in [5.74, 6) is 0.708. The highest BCUT2D eigenvalue weighted by atomic mass is 16.7. The maximum atomic E-state index is 13.4. The largest absolute Gasteiger partial charge is 0.464 e. The zero-order valence-corrected chi connectivity index (χ0v) is 16.8. The topological polar surface area (TPSA) is 77.6 Å². The summed E-state index contributed by atoms with van der Waals surface area (Å²) in [4.78, 5) is 29.0. The number of hydrogen-bond donors (Lipinski definition) is 1. The van der Waals surface area contributed by atoms with Crippen LogP contribution in [0.25, 0.3) is 22.0 Å². The highest BCUT2D eigenvalue weighted by Crippen LogP contribution is 2.33. The van der Waals surface area contributed by atoms with Crippen LogP contribution in [0.15, 0.2) is 71.5 Å². The number of H-pyrrole nitrogens is 1. The van der Waals surface area contributed by atoms with E-state index in [1.54, 1.807) is 12.1 Å². The van der Waals surface area contributed by atoms with E-state index in [1.165, 1.54) is 7.11 Å². The summed E-state index contributed by atoms with van der Waals surface area (Å²) in [6, 6.07) is 20.9. The van der Waals surface area contributed by atoms with Crippen molar-refractivity contribution in [1.29, 1.82) is 0 Å². The van der Waals surface area contributed by atoms with E-state index in [9.17, 15) is 9.59 Å². The Balaban J connectivity index is 1.64. The van der Waals surface area contributed by atoms with Crippen molar-refractivity contribution < 1.29 is 19.0 Å². The van der Waals surface area contributed by atoms with Crippen LogP contribution in [0.2, 0.25) is 0 Å². The highest BCUT2D eigenvalue weighted by Gasteiger charge is 2.21. The average molecular weight is 413 g/mol. The molecule has 1 aliphatic rings. The van der Waals surface area contributed by atoms with Crippen LogP contribution in [0.5, 0.6) is 11.5 Å². The Morgan fingerprint density at radius 1 is 0.968 bits per heavy atom. The third kappa shape index (κ3) is 3.42. The van der Waals surface area contributed by atoms with Gasteiger partial charge in [0.1, 0.15) is 5.69 Å². The van der Waals surface area contributed by atoms with E-state index in [-0.39, 0.29) is 24.3 Å². The fourth-order valence-electron chi connectivity index (χ4n) is 3.84. The second kappa shape index (κ2) is 7.65. The molecule has 6 nitrogen and oxygen atoms in total. The Morgan fingerprint density at radius 3 is 2.58 bits per heavy atom. The standard InChI is InChI=1S/C25H19NO5/c1-29-25(28)23-19(11-15-7-10-21-22(12-15)31-14-30-21)24(27)18-9-8-17(13-20(18)26-23)16-5-3-2-4-6-16/h2-10,12-13H,11,14H2,1H3,(H,26,27). The van der Waals surface area contributed by atoms with Crippen LogP contribution in [-0.2, 0) is 11.2 Å². The molecule has 0 unspecified atom stereocenters. The van der Waals surface area contributed by atoms with Gasteiger partial charge in [0.15, 0.2) is 16.9 Å². The fourth-order valence-corrected chi connectivity index (χ4v) is 3.84. The molecule has 6 heteroatoms. The smallest absolute Gasteiger partial charge is 0.354 e. The molecule has 0 saturated heterocycles. The van der Waals surface area contributed by atoms with Crippen molar-refractivity contribution in [3.05, 3.63) is 93.8 Å². The number of carbonyl (C=O) groups is 1. The van der Waals surface area contributed by atoms with Crippen LogP contribution in [0.1, 0.15) is 21.6 Å². The molecule has 1 N–H and O–H groups in total. The first-order chi connectivity index (χ1) is 15.1. The van der Waals surface area contributed by atoms with Crippen molar-refractivity contribution in [2.75, 3.05) is 13.9 Å². The molecular formula is C25H19NO5. The van der Waals surface area contributed by atoms with Crippen LogP contribution in [0.3, 0.4) is 0 Å². The van der Waals surface area contributed by atoms with Gasteiger partial charge in [-0.3, -0.25) is 4.79 Å². The molecule has 0 bridgehead atoms. The zero-order chi connectivity index (χ0) is 21.4. The van der Waals surface area contributed by atoms with Crippen LogP contribution in [0.4, 0.5) is 0 Å². The first kappa shape index (κ1) is 18.9. The predicted octanol–water partition coefficient (Wildman–Crippen LogP) is 4.30. The minimum atomic E-state index is -0.583. The third-order valence-corrected chi connectivity index (χ3v) is 5.41. The maximum absolute atomic E-state index is 13.4. The quantitative estimate of drug-likeness (QED) is 0.505. The Kier molecular flexibility index (Phi) is 4.67.